The predicted molar refractivity (Wildman–Crippen MR) is 119 cm³/mol. The van der Waals surface area contributed by atoms with Crippen LogP contribution in [0.1, 0.15) is 98.8 Å². The van der Waals surface area contributed by atoms with Crippen molar-refractivity contribution in [1.82, 2.24) is 0 Å². The van der Waals surface area contributed by atoms with E-state index in [1.165, 1.54) is 44.1 Å². The molecule has 0 heterocycles. The molecule has 0 bridgehead atoms. The molecule has 4 aliphatic rings. The van der Waals surface area contributed by atoms with Crippen LogP contribution in [-0.4, -0.2) is 17.0 Å². The van der Waals surface area contributed by atoms with Gasteiger partial charge in [-0.15, -0.1) is 0 Å². The highest BCUT2D eigenvalue weighted by Gasteiger charge is 2.59. The highest BCUT2D eigenvalue weighted by atomic mass is 16.3. The van der Waals surface area contributed by atoms with E-state index in [1.54, 1.807) is 0 Å². The van der Waals surface area contributed by atoms with Gasteiger partial charge in [0.2, 0.25) is 0 Å². The molecule has 0 aromatic rings. The van der Waals surface area contributed by atoms with Gasteiger partial charge in [0, 0.05) is 6.42 Å². The molecule has 0 aliphatic heterocycles. The monoisotopic (exact) mass is 400 g/mol. The minimum atomic E-state index is -0.143. The van der Waals surface area contributed by atoms with Crippen LogP contribution >= 0.6 is 0 Å². The van der Waals surface area contributed by atoms with Crippen LogP contribution in [0.2, 0.25) is 0 Å². The summed E-state index contributed by atoms with van der Waals surface area (Å²) in [5, 5.41) is 10.3. The van der Waals surface area contributed by atoms with Gasteiger partial charge < -0.3 is 5.11 Å². The number of fused-ring (bicyclic) bond motifs is 5. The molecule has 164 valence electrons. The Labute approximate surface area is 178 Å². The molecule has 0 aromatic heterocycles. The smallest absolute Gasteiger partial charge is 0.155 e. The van der Waals surface area contributed by atoms with E-state index in [1.807, 2.05) is 6.08 Å². The molecule has 3 saturated carbocycles. The lowest BCUT2D eigenvalue weighted by atomic mass is 9.46. The zero-order chi connectivity index (χ0) is 21.0. The number of ketones is 1. The summed E-state index contributed by atoms with van der Waals surface area (Å²) in [4.78, 5) is 12.0. The van der Waals surface area contributed by atoms with Crippen LogP contribution in [0.5, 0.6) is 0 Å². The molecule has 0 radical (unpaired) electrons. The minimum absolute atomic E-state index is 0.143. The number of aliphatic hydroxyl groups excluding tert-OH is 1. The second-order valence-corrected chi connectivity index (χ2v) is 12.1. The Morgan fingerprint density at radius 2 is 1.76 bits per heavy atom. The average Bonchev–Trinajstić information content (AvgIpc) is 3.03. The summed E-state index contributed by atoms with van der Waals surface area (Å²) >= 11 is 0. The highest BCUT2D eigenvalue weighted by molar-refractivity contribution is 5.91. The molecule has 0 amide bonds. The number of hydrogen-bond donors (Lipinski definition) is 1. The van der Waals surface area contributed by atoms with E-state index in [2.05, 4.69) is 34.6 Å². The summed E-state index contributed by atoms with van der Waals surface area (Å²) in [5.41, 5.74) is 2.28. The van der Waals surface area contributed by atoms with Gasteiger partial charge in [-0.05, 0) is 110 Å². The maximum Gasteiger partial charge on any atom is 0.155 e. The summed E-state index contributed by atoms with van der Waals surface area (Å²) in [6, 6.07) is 0. The molecule has 1 N–H and O–H groups in total. The van der Waals surface area contributed by atoms with Crippen molar-refractivity contribution >= 4 is 5.78 Å². The second-order valence-electron chi connectivity index (χ2n) is 12.1. The second kappa shape index (κ2) is 7.81. The summed E-state index contributed by atoms with van der Waals surface area (Å²) in [7, 11) is 0. The van der Waals surface area contributed by atoms with Crippen LogP contribution in [-0.2, 0) is 4.79 Å². The predicted octanol–water partition coefficient (Wildman–Crippen LogP) is 6.57. The van der Waals surface area contributed by atoms with Gasteiger partial charge in [0.25, 0.3) is 0 Å². The summed E-state index contributed by atoms with van der Waals surface area (Å²) in [5.74, 6) is 4.82. The van der Waals surface area contributed by atoms with E-state index in [9.17, 15) is 9.90 Å². The van der Waals surface area contributed by atoms with Crippen molar-refractivity contribution in [1.29, 1.82) is 0 Å². The van der Waals surface area contributed by atoms with Crippen molar-refractivity contribution in [3.8, 4) is 0 Å². The van der Waals surface area contributed by atoms with Crippen LogP contribution in [0.3, 0.4) is 0 Å². The Morgan fingerprint density at radius 1 is 1.00 bits per heavy atom. The Morgan fingerprint density at radius 3 is 2.48 bits per heavy atom. The topological polar surface area (TPSA) is 37.3 Å². The lowest BCUT2D eigenvalue weighted by Gasteiger charge is -2.58. The van der Waals surface area contributed by atoms with Gasteiger partial charge in [0.05, 0.1) is 6.10 Å². The number of carbonyl (C=O) groups is 1. The van der Waals surface area contributed by atoms with E-state index < -0.39 is 0 Å². The van der Waals surface area contributed by atoms with Crippen LogP contribution in [0.25, 0.3) is 0 Å². The van der Waals surface area contributed by atoms with Crippen molar-refractivity contribution in [2.24, 2.45) is 46.3 Å². The van der Waals surface area contributed by atoms with Gasteiger partial charge >= 0.3 is 0 Å². The zero-order valence-corrected chi connectivity index (χ0v) is 19.5. The first-order valence-corrected chi connectivity index (χ1v) is 12.6. The normalized spacial score (nSPS) is 44.0. The third-order valence-electron chi connectivity index (χ3n) is 10.4. The largest absolute Gasteiger partial charge is 0.393 e. The Bertz CT molecular complexity index is 663. The zero-order valence-electron chi connectivity index (χ0n) is 19.5. The van der Waals surface area contributed by atoms with E-state index in [0.29, 0.717) is 22.5 Å². The SMILES string of the molecule is CC(C)[C@@H](O)CC[C@@H](C)C1CCC2C3CCC4=CC(=O)CC[C@]4(C)C3CC[C@@]21C. The Balaban J connectivity index is 1.49. The van der Waals surface area contributed by atoms with Crippen molar-refractivity contribution in [2.75, 3.05) is 0 Å². The fourth-order valence-electron chi connectivity index (χ4n) is 8.50. The molecule has 8 atom stereocenters. The number of hydrogen-bond acceptors (Lipinski definition) is 2. The van der Waals surface area contributed by atoms with Crippen molar-refractivity contribution in [3.05, 3.63) is 11.6 Å². The van der Waals surface area contributed by atoms with Crippen LogP contribution in [0, 0.1) is 46.3 Å². The van der Waals surface area contributed by atoms with Crippen LogP contribution in [0.4, 0.5) is 0 Å². The Hall–Kier alpha value is -0.630. The molecule has 2 nitrogen and oxygen atoms in total. The molecule has 0 spiro atoms. The first kappa shape index (κ1) is 21.6. The van der Waals surface area contributed by atoms with Gasteiger partial charge in [-0.3, -0.25) is 4.79 Å². The fourth-order valence-corrected chi connectivity index (χ4v) is 8.50. The van der Waals surface area contributed by atoms with E-state index in [0.717, 1.165) is 55.3 Å². The molecular formula is C27H44O2. The van der Waals surface area contributed by atoms with Crippen LogP contribution < -0.4 is 0 Å². The fraction of sp³-hybridized carbons (Fsp3) is 0.889. The lowest BCUT2D eigenvalue weighted by molar-refractivity contribution is -0.117. The highest BCUT2D eigenvalue weighted by Crippen LogP contribution is 2.67. The molecule has 4 unspecified atom stereocenters. The van der Waals surface area contributed by atoms with Gasteiger partial charge in [0.1, 0.15) is 0 Å². The maximum atomic E-state index is 12.0. The van der Waals surface area contributed by atoms with E-state index in [4.69, 9.17) is 0 Å². The molecular weight excluding hydrogens is 356 g/mol. The number of carbonyl (C=O) groups excluding carboxylic acids is 1. The first-order valence-electron chi connectivity index (χ1n) is 12.6. The molecule has 4 aliphatic carbocycles. The molecule has 0 aromatic carbocycles. The lowest BCUT2D eigenvalue weighted by Crippen LogP contribution is -2.51. The molecule has 29 heavy (non-hydrogen) atoms. The molecule has 2 heteroatoms. The molecule has 3 fully saturated rings. The third-order valence-corrected chi connectivity index (χ3v) is 10.4. The number of rotatable bonds is 5. The van der Waals surface area contributed by atoms with Gasteiger partial charge in [-0.25, -0.2) is 0 Å². The van der Waals surface area contributed by atoms with Gasteiger partial charge in [0.15, 0.2) is 5.78 Å². The maximum absolute atomic E-state index is 12.0. The standard InChI is InChI=1S/C27H44O2/c1-17(2)25(29)11-6-18(3)22-9-10-23-21-8-7-19-16-20(28)12-14-26(19,4)24(21)13-15-27(22,23)5/h16-18,21-25,29H,6-15H2,1-5H3/t18-,21?,22?,23?,24?,25+,26+,27-/m1/s1. The van der Waals surface area contributed by atoms with Crippen LogP contribution in [0.15, 0.2) is 11.6 Å². The minimum Gasteiger partial charge on any atom is -0.393 e. The third kappa shape index (κ3) is 3.56. The Kier molecular flexibility index (Phi) is 5.82. The van der Waals surface area contributed by atoms with E-state index in [-0.39, 0.29) is 6.10 Å². The van der Waals surface area contributed by atoms with Gasteiger partial charge in [-0.2, -0.15) is 0 Å². The quantitative estimate of drug-likeness (QED) is 0.567. The van der Waals surface area contributed by atoms with E-state index >= 15 is 0 Å². The first-order chi connectivity index (χ1) is 13.7. The molecule has 0 saturated heterocycles. The summed E-state index contributed by atoms with van der Waals surface area (Å²) in [6.07, 6.45) is 13.9. The van der Waals surface area contributed by atoms with Crippen molar-refractivity contribution in [3.63, 3.8) is 0 Å². The van der Waals surface area contributed by atoms with Crippen molar-refractivity contribution < 1.29 is 9.90 Å². The summed E-state index contributed by atoms with van der Waals surface area (Å²) in [6.45, 7) is 11.8. The number of allylic oxidation sites excluding steroid dienone is 1. The van der Waals surface area contributed by atoms with Crippen molar-refractivity contribution in [2.45, 2.75) is 105 Å². The average molecular weight is 401 g/mol. The molecule has 4 rings (SSSR count). The number of aliphatic hydroxyl groups is 1. The van der Waals surface area contributed by atoms with Gasteiger partial charge in [-0.1, -0.05) is 40.2 Å². The summed E-state index contributed by atoms with van der Waals surface area (Å²) < 4.78 is 0.